The van der Waals surface area contributed by atoms with Gasteiger partial charge >= 0.3 is 6.18 Å². The molecule has 0 aliphatic carbocycles. The molecule has 1 aliphatic rings. The maximum Gasteiger partial charge on any atom is 0.408 e. The van der Waals surface area contributed by atoms with Crippen LogP contribution >= 0.6 is 11.8 Å². The van der Waals surface area contributed by atoms with Crippen LogP contribution in [0.5, 0.6) is 0 Å². The molecule has 1 aromatic heterocycles. The van der Waals surface area contributed by atoms with Crippen LogP contribution in [0.15, 0.2) is 52.1 Å². The van der Waals surface area contributed by atoms with Crippen LogP contribution < -0.4 is 10.6 Å². The van der Waals surface area contributed by atoms with Crippen molar-refractivity contribution in [2.75, 3.05) is 5.75 Å². The first-order valence-electron chi connectivity index (χ1n) is 8.39. The van der Waals surface area contributed by atoms with Gasteiger partial charge in [-0.05, 0) is 29.8 Å². The summed E-state index contributed by atoms with van der Waals surface area (Å²) in [5, 5.41) is 5.01. The Morgan fingerprint density at radius 1 is 1.29 bits per heavy atom. The normalized spacial score (nSPS) is 19.6. The molecule has 0 saturated heterocycles. The van der Waals surface area contributed by atoms with E-state index in [-0.39, 0.29) is 35.6 Å². The summed E-state index contributed by atoms with van der Waals surface area (Å²) < 4.78 is 57.7. The first-order valence-corrected chi connectivity index (χ1v) is 9.38. The van der Waals surface area contributed by atoms with Crippen LogP contribution in [0.25, 0.3) is 0 Å². The highest BCUT2D eigenvalue weighted by Crippen LogP contribution is 2.34. The number of nitrogens with zero attached hydrogens (tertiary/aromatic N) is 1. The molecule has 5 nitrogen and oxygen atoms in total. The minimum absolute atomic E-state index is 0.0342. The van der Waals surface area contributed by atoms with Crippen LogP contribution in [0.1, 0.15) is 23.8 Å². The van der Waals surface area contributed by atoms with Gasteiger partial charge in [-0.15, -0.1) is 0 Å². The van der Waals surface area contributed by atoms with Crippen LogP contribution in [0, 0.1) is 5.82 Å². The summed E-state index contributed by atoms with van der Waals surface area (Å²) in [6.07, 6.45) is -3.35. The molecule has 0 spiro atoms. The van der Waals surface area contributed by atoms with E-state index < -0.39 is 18.3 Å². The van der Waals surface area contributed by atoms with E-state index in [2.05, 4.69) is 15.6 Å². The van der Waals surface area contributed by atoms with Crippen molar-refractivity contribution in [2.45, 2.75) is 31.2 Å². The van der Waals surface area contributed by atoms with Crippen LogP contribution in [0.3, 0.4) is 0 Å². The average Bonchev–Trinajstić information content (AvgIpc) is 3.20. The van der Waals surface area contributed by atoms with Crippen molar-refractivity contribution in [1.29, 1.82) is 0 Å². The average molecular weight is 415 g/mol. The van der Waals surface area contributed by atoms with Crippen molar-refractivity contribution in [2.24, 2.45) is 4.99 Å². The zero-order valence-electron chi connectivity index (χ0n) is 14.5. The summed E-state index contributed by atoms with van der Waals surface area (Å²) in [4.78, 5) is 16.2. The number of furan rings is 1. The minimum Gasteiger partial charge on any atom is -0.467 e. The highest BCUT2D eigenvalue weighted by molar-refractivity contribution is 8.14. The molecule has 0 radical (unpaired) electrons. The molecule has 150 valence electrons. The minimum atomic E-state index is -4.45. The number of amidine groups is 1. The Balaban J connectivity index is 1.57. The molecule has 0 fully saturated rings. The van der Waals surface area contributed by atoms with E-state index in [1.54, 1.807) is 12.1 Å². The standard InChI is InChI=1S/C18H17F4N3O2S/c19-12-5-3-11(4-6-12)9-23-16(26)10-28-17-24-13(14-2-1-7-27-14)8-15(25-17)18(20,21)22/h1-7,13,15H,8-10H2,(H,23,26)(H,24,25). The molecule has 2 heterocycles. The van der Waals surface area contributed by atoms with Crippen molar-refractivity contribution in [1.82, 2.24) is 10.6 Å². The lowest BCUT2D eigenvalue weighted by atomic mass is 10.0. The van der Waals surface area contributed by atoms with E-state index in [1.807, 2.05) is 0 Å². The van der Waals surface area contributed by atoms with Gasteiger partial charge in [-0.3, -0.25) is 9.79 Å². The molecule has 0 saturated carbocycles. The second kappa shape index (κ2) is 8.68. The molecule has 1 amide bonds. The summed E-state index contributed by atoms with van der Waals surface area (Å²) in [5.41, 5.74) is 0.711. The first-order chi connectivity index (χ1) is 13.3. The SMILES string of the molecule is O=C(CSC1=NC(c2ccco2)CC(C(F)(F)F)N1)NCc1ccc(F)cc1. The molecular formula is C18H17F4N3O2S. The summed E-state index contributed by atoms with van der Waals surface area (Å²) in [5.74, 6) is -0.517. The number of rotatable bonds is 5. The number of nitrogens with one attached hydrogen (secondary N) is 2. The van der Waals surface area contributed by atoms with Crippen molar-refractivity contribution in [3.8, 4) is 0 Å². The molecule has 10 heteroatoms. The monoisotopic (exact) mass is 415 g/mol. The zero-order valence-corrected chi connectivity index (χ0v) is 15.3. The molecule has 2 aromatic rings. The van der Waals surface area contributed by atoms with Gasteiger partial charge in [-0.25, -0.2) is 4.39 Å². The quantitative estimate of drug-likeness (QED) is 0.730. The Morgan fingerprint density at radius 3 is 2.68 bits per heavy atom. The lowest BCUT2D eigenvalue weighted by Gasteiger charge is -2.29. The fourth-order valence-corrected chi connectivity index (χ4v) is 3.40. The van der Waals surface area contributed by atoms with Gasteiger partial charge in [0.25, 0.3) is 0 Å². The highest BCUT2D eigenvalue weighted by atomic mass is 32.2. The van der Waals surface area contributed by atoms with Crippen molar-refractivity contribution in [3.05, 3.63) is 59.8 Å². The van der Waals surface area contributed by atoms with Gasteiger partial charge in [0.1, 0.15) is 23.7 Å². The summed E-state index contributed by atoms with van der Waals surface area (Å²) >= 11 is 0.889. The van der Waals surface area contributed by atoms with Gasteiger partial charge in [0.05, 0.1) is 12.0 Å². The summed E-state index contributed by atoms with van der Waals surface area (Å²) in [6, 6.07) is 6.26. The largest absolute Gasteiger partial charge is 0.467 e. The molecular weight excluding hydrogens is 398 g/mol. The van der Waals surface area contributed by atoms with E-state index in [9.17, 15) is 22.4 Å². The number of hydrogen-bond donors (Lipinski definition) is 2. The number of benzene rings is 1. The fraction of sp³-hybridized carbons (Fsp3) is 0.333. The van der Waals surface area contributed by atoms with Gasteiger partial charge in [0.2, 0.25) is 5.91 Å². The molecule has 0 bridgehead atoms. The number of halogens is 4. The lowest BCUT2D eigenvalue weighted by molar-refractivity contribution is -0.155. The fourth-order valence-electron chi connectivity index (χ4n) is 2.61. The van der Waals surface area contributed by atoms with E-state index in [1.165, 1.54) is 30.5 Å². The Kier molecular flexibility index (Phi) is 6.28. The third-order valence-electron chi connectivity index (χ3n) is 4.04. The second-order valence-corrected chi connectivity index (χ2v) is 7.10. The molecule has 28 heavy (non-hydrogen) atoms. The van der Waals surface area contributed by atoms with Crippen LogP contribution in [0.2, 0.25) is 0 Å². The Morgan fingerprint density at radius 2 is 2.04 bits per heavy atom. The number of alkyl halides is 3. The predicted molar refractivity (Wildman–Crippen MR) is 97.2 cm³/mol. The number of amides is 1. The molecule has 1 aliphatic heterocycles. The van der Waals surface area contributed by atoms with E-state index in [0.29, 0.717) is 11.3 Å². The topological polar surface area (TPSA) is 66.6 Å². The lowest BCUT2D eigenvalue weighted by Crippen LogP contribution is -2.48. The van der Waals surface area contributed by atoms with Crippen molar-refractivity contribution >= 4 is 22.8 Å². The highest BCUT2D eigenvalue weighted by Gasteiger charge is 2.44. The number of thioether (sulfide) groups is 1. The number of hydrogen-bond acceptors (Lipinski definition) is 5. The second-order valence-electron chi connectivity index (χ2n) is 6.13. The maximum absolute atomic E-state index is 13.2. The third-order valence-corrected chi connectivity index (χ3v) is 4.94. The van der Waals surface area contributed by atoms with Crippen LogP contribution in [-0.4, -0.2) is 29.0 Å². The zero-order chi connectivity index (χ0) is 20.1. The summed E-state index contributed by atoms with van der Waals surface area (Å²) in [6.45, 7) is 0.194. The van der Waals surface area contributed by atoms with Gasteiger partial charge in [-0.2, -0.15) is 13.2 Å². The number of aliphatic imine (C=N–C) groups is 1. The molecule has 2 unspecified atom stereocenters. The predicted octanol–water partition coefficient (Wildman–Crippen LogP) is 3.79. The van der Waals surface area contributed by atoms with Gasteiger partial charge in [0, 0.05) is 13.0 Å². The molecule has 1 aromatic carbocycles. The Bertz CT molecular complexity index is 822. The molecule has 2 atom stereocenters. The van der Waals surface area contributed by atoms with E-state index in [0.717, 1.165) is 11.8 Å². The van der Waals surface area contributed by atoms with Gasteiger partial charge < -0.3 is 15.1 Å². The summed E-state index contributed by atoms with van der Waals surface area (Å²) in [7, 11) is 0. The molecule has 2 N–H and O–H groups in total. The van der Waals surface area contributed by atoms with Crippen LogP contribution in [0.4, 0.5) is 17.6 Å². The molecule has 3 rings (SSSR count). The van der Waals surface area contributed by atoms with Crippen molar-refractivity contribution in [3.63, 3.8) is 0 Å². The van der Waals surface area contributed by atoms with Crippen LogP contribution in [-0.2, 0) is 11.3 Å². The van der Waals surface area contributed by atoms with E-state index >= 15 is 0 Å². The number of carbonyl (C=O) groups is 1. The third kappa shape index (κ3) is 5.51. The maximum atomic E-state index is 13.2. The number of carbonyl (C=O) groups excluding carboxylic acids is 1. The first kappa shape index (κ1) is 20.2. The smallest absolute Gasteiger partial charge is 0.408 e. The Hall–Kier alpha value is -2.49. The van der Waals surface area contributed by atoms with Gasteiger partial charge in [0.15, 0.2) is 5.17 Å². The van der Waals surface area contributed by atoms with Gasteiger partial charge in [-0.1, -0.05) is 23.9 Å². The van der Waals surface area contributed by atoms with Crippen molar-refractivity contribution < 1.29 is 26.8 Å². The Labute approximate surface area is 162 Å². The van der Waals surface area contributed by atoms with E-state index in [4.69, 9.17) is 4.42 Å².